The number of nitrogens with one attached hydrogen (secondary N) is 3. The van der Waals surface area contributed by atoms with Crippen molar-refractivity contribution in [2.24, 2.45) is 7.05 Å². The Labute approximate surface area is 253 Å². The van der Waals surface area contributed by atoms with Crippen LogP contribution in [-0.2, 0) is 18.3 Å². The summed E-state index contributed by atoms with van der Waals surface area (Å²) in [7, 11) is 1.66. The molecule has 3 aromatic heterocycles. The smallest absolute Gasteiger partial charge is 0.270 e. The zero-order valence-corrected chi connectivity index (χ0v) is 25.0. The van der Waals surface area contributed by atoms with Crippen LogP contribution >= 0.6 is 11.6 Å². The van der Waals surface area contributed by atoms with E-state index in [2.05, 4.69) is 25.9 Å². The molecule has 0 aliphatic rings. The molecule has 5 rings (SSSR count). The molecular formula is C32H32ClN7O3. The fourth-order valence-corrected chi connectivity index (χ4v) is 5.05. The van der Waals surface area contributed by atoms with E-state index in [-0.39, 0.29) is 18.0 Å². The van der Waals surface area contributed by atoms with E-state index in [0.717, 1.165) is 27.9 Å². The second kappa shape index (κ2) is 12.5. The van der Waals surface area contributed by atoms with Crippen LogP contribution in [0.4, 0.5) is 5.69 Å². The number of H-pyrrole nitrogens is 1. The van der Waals surface area contributed by atoms with E-state index in [1.54, 1.807) is 48.1 Å². The van der Waals surface area contributed by atoms with Crippen LogP contribution in [0.5, 0.6) is 0 Å². The molecule has 0 bridgehead atoms. The van der Waals surface area contributed by atoms with Crippen LogP contribution in [0.25, 0.3) is 22.3 Å². The van der Waals surface area contributed by atoms with Crippen LogP contribution < -0.4 is 16.2 Å². The van der Waals surface area contributed by atoms with E-state index in [4.69, 9.17) is 11.6 Å². The number of halogens is 1. The lowest BCUT2D eigenvalue weighted by molar-refractivity contribution is -0.118. The standard InChI is InChI=1S/C32H32ClN7O3/c1-19(2)40-18-23(8-12-30(40)41)22-7-11-27(33)24(15-22)16-28(37-32(43)29-13-14-35-39(29)4)31(42)36-25-9-5-21(6-10-25)26-17-34-38-20(26)3/h5-15,17-19,28H,16H2,1-4H3,(H,34,38)(H,36,42)(H,37,43). The Hall–Kier alpha value is -4.96. The van der Waals surface area contributed by atoms with Gasteiger partial charge in [0.25, 0.3) is 11.5 Å². The van der Waals surface area contributed by atoms with Crippen molar-refractivity contribution >= 4 is 29.1 Å². The van der Waals surface area contributed by atoms with E-state index in [9.17, 15) is 14.4 Å². The summed E-state index contributed by atoms with van der Waals surface area (Å²) in [6, 6.07) is 16.8. The lowest BCUT2D eigenvalue weighted by Crippen LogP contribution is -2.45. The van der Waals surface area contributed by atoms with E-state index in [1.165, 1.54) is 16.9 Å². The molecule has 3 N–H and O–H groups in total. The molecule has 0 aliphatic heterocycles. The van der Waals surface area contributed by atoms with Crippen LogP contribution in [0.3, 0.4) is 0 Å². The Morgan fingerprint density at radius 1 is 1.00 bits per heavy atom. The zero-order chi connectivity index (χ0) is 30.7. The molecule has 5 aromatic rings. The maximum atomic E-state index is 13.7. The second-order valence-corrected chi connectivity index (χ2v) is 11.0. The summed E-state index contributed by atoms with van der Waals surface area (Å²) in [4.78, 5) is 39.1. The number of anilines is 1. The molecule has 1 unspecified atom stereocenters. The summed E-state index contributed by atoms with van der Waals surface area (Å²) < 4.78 is 3.10. The topological polar surface area (TPSA) is 127 Å². The fraction of sp³-hybridized carbons (Fsp3) is 0.219. The van der Waals surface area contributed by atoms with Gasteiger partial charge in [-0.3, -0.25) is 24.2 Å². The van der Waals surface area contributed by atoms with Crippen molar-refractivity contribution in [3.05, 3.63) is 112 Å². The van der Waals surface area contributed by atoms with Gasteiger partial charge < -0.3 is 15.2 Å². The van der Waals surface area contributed by atoms with Gasteiger partial charge in [-0.25, -0.2) is 0 Å². The number of benzene rings is 2. The zero-order valence-electron chi connectivity index (χ0n) is 24.3. The average Bonchev–Trinajstić information content (AvgIpc) is 3.62. The predicted octanol–water partition coefficient (Wildman–Crippen LogP) is 5.16. The highest BCUT2D eigenvalue weighted by molar-refractivity contribution is 6.31. The molecule has 0 fully saturated rings. The molecular weight excluding hydrogens is 566 g/mol. The third kappa shape index (κ3) is 6.60. The van der Waals surface area contributed by atoms with Gasteiger partial charge in [-0.1, -0.05) is 29.8 Å². The number of carbonyl (C=O) groups is 2. The quantitative estimate of drug-likeness (QED) is 0.216. The number of rotatable bonds is 9. The first-order valence-electron chi connectivity index (χ1n) is 13.8. The highest BCUT2D eigenvalue weighted by atomic mass is 35.5. The van der Waals surface area contributed by atoms with Crippen molar-refractivity contribution in [1.29, 1.82) is 0 Å². The molecule has 0 aliphatic carbocycles. The molecule has 3 heterocycles. The van der Waals surface area contributed by atoms with Crippen LogP contribution in [0, 0.1) is 6.92 Å². The van der Waals surface area contributed by atoms with Gasteiger partial charge in [-0.2, -0.15) is 10.2 Å². The molecule has 0 spiro atoms. The Bertz CT molecular complexity index is 1840. The van der Waals surface area contributed by atoms with E-state index in [1.807, 2.05) is 51.2 Å². The third-order valence-corrected chi connectivity index (χ3v) is 7.63. The number of hydrogen-bond acceptors (Lipinski definition) is 5. The number of amides is 2. The van der Waals surface area contributed by atoms with Gasteiger partial charge in [0.2, 0.25) is 5.91 Å². The maximum absolute atomic E-state index is 13.7. The van der Waals surface area contributed by atoms with Gasteiger partial charge in [0, 0.05) is 59.9 Å². The number of aromatic amines is 1. The minimum Gasteiger partial charge on any atom is -0.339 e. The summed E-state index contributed by atoms with van der Waals surface area (Å²) in [5.41, 5.74) is 5.99. The van der Waals surface area contributed by atoms with E-state index >= 15 is 0 Å². The number of carbonyl (C=O) groups excluding carboxylic acids is 2. The van der Waals surface area contributed by atoms with Crippen LogP contribution in [-0.4, -0.2) is 42.4 Å². The highest BCUT2D eigenvalue weighted by Crippen LogP contribution is 2.27. The Morgan fingerprint density at radius 2 is 1.72 bits per heavy atom. The molecule has 0 saturated carbocycles. The molecule has 10 nitrogen and oxygen atoms in total. The molecule has 2 aromatic carbocycles. The lowest BCUT2D eigenvalue weighted by atomic mass is 9.99. The Balaban J connectivity index is 1.43. The van der Waals surface area contributed by atoms with Crippen molar-refractivity contribution in [2.45, 2.75) is 39.3 Å². The normalized spacial score (nSPS) is 11.9. The minimum atomic E-state index is -0.962. The summed E-state index contributed by atoms with van der Waals surface area (Å²) in [5.74, 6) is -0.847. The van der Waals surface area contributed by atoms with Crippen LogP contribution in [0.1, 0.15) is 41.6 Å². The number of aromatic nitrogens is 5. The highest BCUT2D eigenvalue weighted by Gasteiger charge is 2.25. The number of pyridine rings is 1. The lowest BCUT2D eigenvalue weighted by Gasteiger charge is -2.20. The summed E-state index contributed by atoms with van der Waals surface area (Å²) in [5, 5.41) is 17.3. The monoisotopic (exact) mass is 597 g/mol. The molecule has 1 atom stereocenters. The molecule has 0 saturated heterocycles. The fourth-order valence-electron chi connectivity index (χ4n) is 4.85. The van der Waals surface area contributed by atoms with Gasteiger partial charge in [0.1, 0.15) is 11.7 Å². The van der Waals surface area contributed by atoms with Crippen molar-refractivity contribution in [3.63, 3.8) is 0 Å². The van der Waals surface area contributed by atoms with Crippen molar-refractivity contribution < 1.29 is 9.59 Å². The molecule has 43 heavy (non-hydrogen) atoms. The summed E-state index contributed by atoms with van der Waals surface area (Å²) in [6.07, 6.45) is 5.20. The number of aryl methyl sites for hydroxylation is 2. The third-order valence-electron chi connectivity index (χ3n) is 7.27. The first kappa shape index (κ1) is 29.5. The summed E-state index contributed by atoms with van der Waals surface area (Å²) >= 11 is 6.62. The van der Waals surface area contributed by atoms with Crippen LogP contribution in [0.2, 0.25) is 5.02 Å². The van der Waals surface area contributed by atoms with Gasteiger partial charge in [-0.15, -0.1) is 0 Å². The first-order chi connectivity index (χ1) is 20.6. The molecule has 220 valence electrons. The number of hydrogen-bond donors (Lipinski definition) is 3. The minimum absolute atomic E-state index is 0.00714. The van der Waals surface area contributed by atoms with E-state index in [0.29, 0.717) is 22.0 Å². The SMILES string of the molecule is Cc1[nH]ncc1-c1ccc(NC(=O)C(Cc2cc(-c3ccc(=O)n(C(C)C)c3)ccc2Cl)NC(=O)c2ccnn2C)cc1. The number of nitrogens with zero attached hydrogens (tertiary/aromatic N) is 4. The van der Waals surface area contributed by atoms with Crippen LogP contribution in [0.15, 0.2) is 84.0 Å². The van der Waals surface area contributed by atoms with Gasteiger partial charge in [0.05, 0.1) is 6.20 Å². The molecule has 2 amide bonds. The summed E-state index contributed by atoms with van der Waals surface area (Å²) in [6.45, 7) is 5.83. The van der Waals surface area contributed by atoms with Crippen molar-refractivity contribution in [3.8, 4) is 22.3 Å². The second-order valence-electron chi connectivity index (χ2n) is 10.6. The van der Waals surface area contributed by atoms with Gasteiger partial charge in [-0.05, 0) is 79.4 Å². The van der Waals surface area contributed by atoms with Crippen molar-refractivity contribution in [1.82, 2.24) is 29.9 Å². The van der Waals surface area contributed by atoms with Crippen molar-refractivity contribution in [2.75, 3.05) is 5.32 Å². The average molecular weight is 598 g/mol. The largest absolute Gasteiger partial charge is 0.339 e. The molecule has 11 heteroatoms. The Morgan fingerprint density at radius 3 is 2.37 bits per heavy atom. The predicted molar refractivity (Wildman–Crippen MR) is 167 cm³/mol. The van der Waals surface area contributed by atoms with Gasteiger partial charge in [0.15, 0.2) is 0 Å². The van der Waals surface area contributed by atoms with Gasteiger partial charge >= 0.3 is 0 Å². The Kier molecular flexibility index (Phi) is 8.58. The molecule has 0 radical (unpaired) electrons. The van der Waals surface area contributed by atoms with E-state index < -0.39 is 17.9 Å². The first-order valence-corrected chi connectivity index (χ1v) is 14.2. The maximum Gasteiger partial charge on any atom is 0.270 e.